The predicted octanol–water partition coefficient (Wildman–Crippen LogP) is 4.77. The predicted molar refractivity (Wildman–Crippen MR) is 127 cm³/mol. The highest BCUT2D eigenvalue weighted by Gasteiger charge is 2.32. The third kappa shape index (κ3) is 6.59. The minimum Gasteiger partial charge on any atom is -0.444 e. The minimum atomic E-state index is -0.421. The fourth-order valence-electron chi connectivity index (χ4n) is 4.65. The Balaban J connectivity index is 1.43. The Morgan fingerprint density at radius 1 is 1.03 bits per heavy atom. The Hall–Kier alpha value is -1.82. The quantitative estimate of drug-likeness (QED) is 0.681. The van der Waals surface area contributed by atoms with Gasteiger partial charge < -0.3 is 20.3 Å². The number of anilines is 1. The van der Waals surface area contributed by atoms with E-state index in [4.69, 9.17) is 22.7 Å². The summed E-state index contributed by atoms with van der Waals surface area (Å²) in [5, 5.41) is 0. The van der Waals surface area contributed by atoms with Crippen molar-refractivity contribution in [2.45, 2.75) is 64.9 Å². The van der Waals surface area contributed by atoms with Crippen LogP contribution in [0.25, 0.3) is 0 Å². The number of thiocarbonyl (C=S) groups is 1. The summed E-state index contributed by atoms with van der Waals surface area (Å²) in [5.74, 6) is 1.50. The minimum absolute atomic E-state index is 0.160. The van der Waals surface area contributed by atoms with Crippen LogP contribution in [0.15, 0.2) is 24.3 Å². The van der Waals surface area contributed by atoms with Crippen LogP contribution in [0.4, 0.5) is 10.5 Å². The molecule has 0 bridgehead atoms. The monoisotopic (exact) mass is 431 g/mol. The van der Waals surface area contributed by atoms with Crippen molar-refractivity contribution < 1.29 is 9.53 Å². The molecule has 0 spiro atoms. The summed E-state index contributed by atoms with van der Waals surface area (Å²) in [5.41, 5.74) is 7.79. The highest BCUT2D eigenvalue weighted by Crippen LogP contribution is 2.34. The molecule has 3 rings (SSSR count). The number of amides is 1. The maximum atomic E-state index is 12.3. The number of ether oxygens (including phenoxy) is 1. The smallest absolute Gasteiger partial charge is 0.410 e. The van der Waals surface area contributed by atoms with Crippen LogP contribution in [0, 0.1) is 11.8 Å². The molecule has 0 aliphatic carbocycles. The van der Waals surface area contributed by atoms with E-state index in [0.29, 0.717) is 4.99 Å². The maximum absolute atomic E-state index is 12.3. The van der Waals surface area contributed by atoms with Gasteiger partial charge in [0.2, 0.25) is 0 Å². The SMILES string of the molecule is CC(C)(C)OC(=O)N1CCC(C2CCN(c3ccc(CCC(N)=S)cc3)CC2)CC1. The van der Waals surface area contributed by atoms with E-state index in [1.54, 1.807) is 0 Å². The van der Waals surface area contributed by atoms with Crippen molar-refractivity contribution in [3.63, 3.8) is 0 Å². The fraction of sp³-hybridized carbons (Fsp3) is 0.667. The molecule has 2 saturated heterocycles. The van der Waals surface area contributed by atoms with Gasteiger partial charge >= 0.3 is 6.09 Å². The lowest BCUT2D eigenvalue weighted by Gasteiger charge is -2.41. The molecule has 2 fully saturated rings. The zero-order chi connectivity index (χ0) is 21.7. The number of rotatable bonds is 5. The normalized spacial score (nSPS) is 19.0. The first-order chi connectivity index (χ1) is 14.2. The topological polar surface area (TPSA) is 58.8 Å². The number of benzene rings is 1. The molecular formula is C24H37N3O2S. The first-order valence-corrected chi connectivity index (χ1v) is 11.7. The molecule has 1 amide bonds. The van der Waals surface area contributed by atoms with Gasteiger partial charge in [0.25, 0.3) is 0 Å². The van der Waals surface area contributed by atoms with Gasteiger partial charge in [-0.3, -0.25) is 0 Å². The Morgan fingerprint density at radius 2 is 1.57 bits per heavy atom. The highest BCUT2D eigenvalue weighted by molar-refractivity contribution is 7.80. The van der Waals surface area contributed by atoms with Crippen LogP contribution in [0.2, 0.25) is 0 Å². The first kappa shape index (κ1) is 22.9. The summed E-state index contributed by atoms with van der Waals surface area (Å²) >= 11 is 4.97. The van der Waals surface area contributed by atoms with Crippen LogP contribution in [0.3, 0.4) is 0 Å². The zero-order valence-corrected chi connectivity index (χ0v) is 19.5. The van der Waals surface area contributed by atoms with Crippen molar-refractivity contribution in [2.75, 3.05) is 31.1 Å². The average Bonchev–Trinajstić information content (AvgIpc) is 2.72. The van der Waals surface area contributed by atoms with E-state index in [2.05, 4.69) is 29.2 Å². The number of hydrogen-bond acceptors (Lipinski definition) is 4. The summed E-state index contributed by atoms with van der Waals surface area (Å²) in [6.07, 6.45) is 6.20. The number of carbonyl (C=O) groups is 1. The highest BCUT2D eigenvalue weighted by atomic mass is 32.1. The fourth-order valence-corrected chi connectivity index (χ4v) is 4.75. The van der Waals surface area contributed by atoms with Gasteiger partial charge in [0.1, 0.15) is 5.60 Å². The summed E-state index contributed by atoms with van der Waals surface area (Å²) in [6.45, 7) is 9.66. The van der Waals surface area contributed by atoms with E-state index in [0.717, 1.165) is 63.7 Å². The number of carbonyl (C=O) groups excluding carboxylic acids is 1. The van der Waals surface area contributed by atoms with Crippen LogP contribution < -0.4 is 10.6 Å². The Labute approximate surface area is 186 Å². The average molecular weight is 432 g/mol. The van der Waals surface area contributed by atoms with E-state index in [-0.39, 0.29) is 6.09 Å². The molecule has 0 unspecified atom stereocenters. The van der Waals surface area contributed by atoms with Crippen LogP contribution in [-0.2, 0) is 11.2 Å². The molecule has 2 heterocycles. The van der Waals surface area contributed by atoms with Gasteiger partial charge in [0.15, 0.2) is 0 Å². The molecule has 30 heavy (non-hydrogen) atoms. The molecule has 2 aliphatic heterocycles. The number of nitrogens with zero attached hydrogens (tertiary/aromatic N) is 2. The molecule has 1 aromatic carbocycles. The lowest BCUT2D eigenvalue weighted by Crippen LogP contribution is -2.44. The standard InChI is InChI=1S/C24H37N3O2S/c1-24(2,3)29-23(28)27-16-12-20(13-17-27)19-10-14-26(15-11-19)21-7-4-18(5-8-21)6-9-22(25)30/h4-5,7-8,19-20H,6,9-17H2,1-3H3,(H2,25,30). The second-order valence-electron chi connectivity index (χ2n) is 9.76. The largest absolute Gasteiger partial charge is 0.444 e. The zero-order valence-electron chi connectivity index (χ0n) is 18.7. The number of nitrogens with two attached hydrogens (primary N) is 1. The molecule has 2 aliphatic rings. The summed E-state index contributed by atoms with van der Waals surface area (Å²) in [6, 6.07) is 8.86. The van der Waals surface area contributed by atoms with Crippen molar-refractivity contribution in [1.82, 2.24) is 4.90 Å². The molecule has 0 saturated carbocycles. The summed E-state index contributed by atoms with van der Waals surface area (Å²) in [4.78, 5) is 17.2. The number of aryl methyl sites for hydroxylation is 1. The van der Waals surface area contributed by atoms with E-state index in [1.165, 1.54) is 24.1 Å². The van der Waals surface area contributed by atoms with Crippen molar-refractivity contribution >= 4 is 29.0 Å². The molecule has 1 aromatic rings. The third-order valence-corrected chi connectivity index (χ3v) is 6.56. The lowest BCUT2D eigenvalue weighted by atomic mass is 9.79. The van der Waals surface area contributed by atoms with Crippen LogP contribution >= 0.6 is 12.2 Å². The molecule has 0 aromatic heterocycles. The lowest BCUT2D eigenvalue weighted by molar-refractivity contribution is 0.0152. The Morgan fingerprint density at radius 3 is 2.07 bits per heavy atom. The van der Waals surface area contributed by atoms with Gasteiger partial charge in [-0.15, -0.1) is 0 Å². The van der Waals surface area contributed by atoms with E-state index in [1.807, 2.05) is 25.7 Å². The van der Waals surface area contributed by atoms with Crippen LogP contribution in [0.1, 0.15) is 58.4 Å². The molecule has 0 atom stereocenters. The molecule has 166 valence electrons. The molecule has 6 heteroatoms. The van der Waals surface area contributed by atoms with Gasteiger partial charge in [-0.2, -0.15) is 0 Å². The van der Waals surface area contributed by atoms with Crippen LogP contribution in [-0.4, -0.2) is 47.8 Å². The molecule has 0 radical (unpaired) electrons. The second-order valence-corrected chi connectivity index (χ2v) is 10.3. The summed E-state index contributed by atoms with van der Waals surface area (Å²) < 4.78 is 5.52. The molecular weight excluding hydrogens is 394 g/mol. The van der Waals surface area contributed by atoms with Crippen LogP contribution in [0.5, 0.6) is 0 Å². The van der Waals surface area contributed by atoms with Gasteiger partial charge in [-0.05, 0) is 82.4 Å². The van der Waals surface area contributed by atoms with Gasteiger partial charge in [-0.25, -0.2) is 4.79 Å². The van der Waals surface area contributed by atoms with E-state index < -0.39 is 5.60 Å². The Kier molecular flexibility index (Phi) is 7.61. The van der Waals surface area contributed by atoms with Crippen molar-refractivity contribution in [1.29, 1.82) is 0 Å². The van der Waals surface area contributed by atoms with Gasteiger partial charge in [0, 0.05) is 38.3 Å². The molecule has 5 nitrogen and oxygen atoms in total. The molecule has 2 N–H and O–H groups in total. The van der Waals surface area contributed by atoms with Crippen molar-refractivity contribution in [3.05, 3.63) is 29.8 Å². The second kappa shape index (κ2) is 9.99. The van der Waals surface area contributed by atoms with E-state index in [9.17, 15) is 4.79 Å². The van der Waals surface area contributed by atoms with E-state index >= 15 is 0 Å². The number of likely N-dealkylation sites (tertiary alicyclic amines) is 1. The Bertz CT molecular complexity index is 713. The van der Waals surface area contributed by atoms with Crippen molar-refractivity contribution in [3.8, 4) is 0 Å². The van der Waals surface area contributed by atoms with Gasteiger partial charge in [-0.1, -0.05) is 24.4 Å². The van der Waals surface area contributed by atoms with Crippen molar-refractivity contribution in [2.24, 2.45) is 17.6 Å². The number of hydrogen-bond donors (Lipinski definition) is 1. The maximum Gasteiger partial charge on any atom is 0.410 e. The van der Waals surface area contributed by atoms with Gasteiger partial charge in [0.05, 0.1) is 4.99 Å². The number of piperidine rings is 2. The summed E-state index contributed by atoms with van der Waals surface area (Å²) in [7, 11) is 0. The first-order valence-electron chi connectivity index (χ1n) is 11.3. The third-order valence-electron chi connectivity index (χ3n) is 6.36.